The number of aryl methyl sites for hydroxylation is 1. The predicted molar refractivity (Wildman–Crippen MR) is 70.4 cm³/mol. The number of hydrogen-bond acceptors (Lipinski definition) is 1. The molecule has 0 aromatic heterocycles. The van der Waals surface area contributed by atoms with Gasteiger partial charge in [-0.1, -0.05) is 42.5 Å². The molecule has 0 heterocycles. The molecular formula is C15H17N. The zero-order chi connectivity index (χ0) is 11.5. The van der Waals surface area contributed by atoms with Crippen molar-refractivity contribution < 1.29 is 0 Å². The van der Waals surface area contributed by atoms with E-state index in [1.807, 2.05) is 6.08 Å². The van der Waals surface area contributed by atoms with Crippen LogP contribution in [0, 0.1) is 6.92 Å². The fourth-order valence-corrected chi connectivity index (χ4v) is 2.10. The molecule has 0 unspecified atom stereocenters. The van der Waals surface area contributed by atoms with Gasteiger partial charge >= 0.3 is 0 Å². The van der Waals surface area contributed by atoms with Gasteiger partial charge in [0.1, 0.15) is 0 Å². The number of benzene rings is 2. The third kappa shape index (κ3) is 1.86. The summed E-state index contributed by atoms with van der Waals surface area (Å²) in [5.41, 5.74) is 8.66. The van der Waals surface area contributed by atoms with Crippen LogP contribution in [-0.4, -0.2) is 0 Å². The lowest BCUT2D eigenvalue weighted by Gasteiger charge is -2.14. The summed E-state index contributed by atoms with van der Waals surface area (Å²) in [6.07, 6.45) is 2.69. The maximum Gasteiger partial charge on any atom is 0.0335 e. The van der Waals surface area contributed by atoms with Crippen molar-refractivity contribution in [1.29, 1.82) is 0 Å². The maximum atomic E-state index is 6.15. The van der Waals surface area contributed by atoms with Crippen molar-refractivity contribution in [2.75, 3.05) is 0 Å². The molecule has 0 aliphatic heterocycles. The second kappa shape index (κ2) is 4.50. The van der Waals surface area contributed by atoms with Gasteiger partial charge in [0, 0.05) is 6.04 Å². The van der Waals surface area contributed by atoms with Crippen molar-refractivity contribution in [2.24, 2.45) is 5.73 Å². The Morgan fingerprint density at radius 3 is 2.56 bits per heavy atom. The van der Waals surface area contributed by atoms with Crippen LogP contribution in [0.1, 0.15) is 23.6 Å². The SMILES string of the molecule is C=CC[C@@H](N)c1ccc(C)c2ccccc12. The molecule has 0 amide bonds. The molecule has 0 radical (unpaired) electrons. The van der Waals surface area contributed by atoms with Gasteiger partial charge in [-0.3, -0.25) is 0 Å². The van der Waals surface area contributed by atoms with Crippen molar-refractivity contribution >= 4 is 10.8 Å². The molecule has 0 spiro atoms. The molecule has 0 saturated carbocycles. The third-order valence-corrected chi connectivity index (χ3v) is 3.00. The highest BCUT2D eigenvalue weighted by Gasteiger charge is 2.08. The summed E-state index contributed by atoms with van der Waals surface area (Å²) >= 11 is 0. The molecule has 2 rings (SSSR count). The molecule has 0 bridgehead atoms. The van der Waals surface area contributed by atoms with Crippen LogP contribution in [0.5, 0.6) is 0 Å². The Morgan fingerprint density at radius 1 is 1.19 bits per heavy atom. The van der Waals surface area contributed by atoms with Gasteiger partial charge < -0.3 is 5.73 Å². The van der Waals surface area contributed by atoms with E-state index in [0.29, 0.717) is 0 Å². The van der Waals surface area contributed by atoms with Gasteiger partial charge in [0.15, 0.2) is 0 Å². The molecule has 82 valence electrons. The van der Waals surface area contributed by atoms with Crippen LogP contribution < -0.4 is 5.73 Å². The summed E-state index contributed by atoms with van der Waals surface area (Å²) in [6.45, 7) is 5.87. The van der Waals surface area contributed by atoms with E-state index in [-0.39, 0.29) is 6.04 Å². The summed E-state index contributed by atoms with van der Waals surface area (Å²) < 4.78 is 0. The zero-order valence-corrected chi connectivity index (χ0v) is 9.61. The Hall–Kier alpha value is -1.60. The van der Waals surface area contributed by atoms with E-state index in [1.54, 1.807) is 0 Å². The summed E-state index contributed by atoms with van der Waals surface area (Å²) in [7, 11) is 0. The Bertz CT molecular complexity index is 514. The van der Waals surface area contributed by atoms with E-state index < -0.39 is 0 Å². The van der Waals surface area contributed by atoms with Gasteiger partial charge in [0.2, 0.25) is 0 Å². The molecule has 0 saturated heterocycles. The Labute approximate surface area is 96.6 Å². The molecule has 1 atom stereocenters. The smallest absolute Gasteiger partial charge is 0.0335 e. The lowest BCUT2D eigenvalue weighted by Crippen LogP contribution is -2.09. The Balaban J connectivity index is 2.62. The Morgan fingerprint density at radius 2 is 1.88 bits per heavy atom. The number of nitrogens with two attached hydrogens (primary N) is 1. The quantitative estimate of drug-likeness (QED) is 0.769. The maximum absolute atomic E-state index is 6.15. The molecular weight excluding hydrogens is 194 g/mol. The Kier molecular flexibility index (Phi) is 3.07. The molecule has 0 fully saturated rings. The van der Waals surface area contributed by atoms with Gasteiger partial charge in [-0.15, -0.1) is 6.58 Å². The molecule has 0 aliphatic carbocycles. The van der Waals surface area contributed by atoms with Gasteiger partial charge in [-0.2, -0.15) is 0 Å². The number of fused-ring (bicyclic) bond motifs is 1. The normalized spacial score (nSPS) is 12.6. The fourth-order valence-electron chi connectivity index (χ4n) is 2.10. The minimum Gasteiger partial charge on any atom is -0.324 e. The number of rotatable bonds is 3. The van der Waals surface area contributed by atoms with Gasteiger partial charge in [-0.05, 0) is 35.2 Å². The van der Waals surface area contributed by atoms with Crippen molar-refractivity contribution in [3.63, 3.8) is 0 Å². The zero-order valence-electron chi connectivity index (χ0n) is 9.61. The van der Waals surface area contributed by atoms with Crippen LogP contribution in [0.2, 0.25) is 0 Å². The van der Waals surface area contributed by atoms with Gasteiger partial charge in [0.05, 0.1) is 0 Å². The van der Waals surface area contributed by atoms with Crippen molar-refractivity contribution in [2.45, 2.75) is 19.4 Å². The summed E-state index contributed by atoms with van der Waals surface area (Å²) in [4.78, 5) is 0. The topological polar surface area (TPSA) is 26.0 Å². The van der Waals surface area contributed by atoms with E-state index in [4.69, 9.17) is 5.73 Å². The second-order valence-corrected chi connectivity index (χ2v) is 4.15. The second-order valence-electron chi connectivity index (χ2n) is 4.15. The predicted octanol–water partition coefficient (Wildman–Crippen LogP) is 3.72. The summed E-state index contributed by atoms with van der Waals surface area (Å²) in [6, 6.07) is 12.7. The lowest BCUT2D eigenvalue weighted by atomic mass is 9.95. The van der Waals surface area contributed by atoms with Crippen molar-refractivity contribution in [3.05, 3.63) is 60.2 Å². The average Bonchev–Trinajstić information content (AvgIpc) is 2.30. The molecule has 2 aromatic carbocycles. The van der Waals surface area contributed by atoms with Gasteiger partial charge in [-0.25, -0.2) is 0 Å². The largest absolute Gasteiger partial charge is 0.324 e. The lowest BCUT2D eigenvalue weighted by molar-refractivity contribution is 0.748. The molecule has 0 aliphatic rings. The van der Waals surface area contributed by atoms with E-state index in [2.05, 4.69) is 49.9 Å². The third-order valence-electron chi connectivity index (χ3n) is 3.00. The monoisotopic (exact) mass is 211 g/mol. The first-order valence-electron chi connectivity index (χ1n) is 5.58. The van der Waals surface area contributed by atoms with Crippen LogP contribution >= 0.6 is 0 Å². The summed E-state index contributed by atoms with van der Waals surface area (Å²) in [5.74, 6) is 0. The molecule has 1 nitrogen and oxygen atoms in total. The van der Waals surface area contributed by atoms with Crippen molar-refractivity contribution in [1.82, 2.24) is 0 Å². The highest BCUT2D eigenvalue weighted by Crippen LogP contribution is 2.27. The average molecular weight is 211 g/mol. The highest BCUT2D eigenvalue weighted by atomic mass is 14.6. The fraction of sp³-hybridized carbons (Fsp3) is 0.200. The minimum atomic E-state index is 0.0444. The van der Waals surface area contributed by atoms with E-state index >= 15 is 0 Å². The first-order valence-corrected chi connectivity index (χ1v) is 5.58. The standard InChI is InChI=1S/C15H17N/c1-3-6-15(16)14-10-9-11(2)12-7-4-5-8-13(12)14/h3-5,7-10,15H,1,6,16H2,2H3/t15-/m1/s1. The van der Waals surface area contributed by atoms with Crippen LogP contribution in [0.15, 0.2) is 49.1 Å². The first-order chi connectivity index (χ1) is 7.74. The van der Waals surface area contributed by atoms with Crippen LogP contribution in [0.25, 0.3) is 10.8 Å². The molecule has 16 heavy (non-hydrogen) atoms. The van der Waals surface area contributed by atoms with Gasteiger partial charge in [0.25, 0.3) is 0 Å². The van der Waals surface area contributed by atoms with Crippen LogP contribution in [0.3, 0.4) is 0 Å². The van der Waals surface area contributed by atoms with E-state index in [1.165, 1.54) is 21.9 Å². The molecule has 2 N–H and O–H groups in total. The molecule has 1 heteroatoms. The minimum absolute atomic E-state index is 0.0444. The first kappa shape index (κ1) is 10.9. The van der Waals surface area contributed by atoms with Crippen LogP contribution in [0.4, 0.5) is 0 Å². The molecule has 2 aromatic rings. The van der Waals surface area contributed by atoms with Crippen LogP contribution in [-0.2, 0) is 0 Å². The highest BCUT2D eigenvalue weighted by molar-refractivity contribution is 5.88. The van der Waals surface area contributed by atoms with E-state index in [9.17, 15) is 0 Å². The number of hydrogen-bond donors (Lipinski definition) is 1. The van der Waals surface area contributed by atoms with Crippen molar-refractivity contribution in [3.8, 4) is 0 Å². The van der Waals surface area contributed by atoms with E-state index in [0.717, 1.165) is 6.42 Å². The summed E-state index contributed by atoms with van der Waals surface area (Å²) in [5, 5.41) is 2.55.